The highest BCUT2D eigenvalue weighted by molar-refractivity contribution is 8.76. The van der Waals surface area contributed by atoms with Gasteiger partial charge in [-0.3, -0.25) is 4.79 Å². The summed E-state index contributed by atoms with van der Waals surface area (Å²) in [5.74, 6) is 0.139. The van der Waals surface area contributed by atoms with Crippen LogP contribution in [0.5, 0.6) is 0 Å². The van der Waals surface area contributed by atoms with Crippen LogP contribution in [-0.2, 0) is 9.53 Å². The van der Waals surface area contributed by atoms with Crippen molar-refractivity contribution >= 4 is 33.6 Å². The Kier molecular flexibility index (Phi) is 7.53. The summed E-state index contributed by atoms with van der Waals surface area (Å²) >= 11 is 0. The van der Waals surface area contributed by atoms with Gasteiger partial charge in [0.05, 0.1) is 0 Å². The molecule has 0 aliphatic carbocycles. The van der Waals surface area contributed by atoms with Gasteiger partial charge in [-0.05, 0) is 43.7 Å². The third kappa shape index (κ3) is 7.56. The van der Waals surface area contributed by atoms with Gasteiger partial charge in [0.1, 0.15) is 16.7 Å². The van der Waals surface area contributed by atoms with Gasteiger partial charge in [0.15, 0.2) is 0 Å². The number of nitrogens with one attached hydrogen (secondary N) is 2. The van der Waals surface area contributed by atoms with E-state index in [-0.39, 0.29) is 5.91 Å². The van der Waals surface area contributed by atoms with Crippen molar-refractivity contribution in [3.8, 4) is 0 Å². The average Bonchev–Trinajstić information content (AvgIpc) is 2.44. The molecule has 0 saturated heterocycles. The number of hydrogen-bond donors (Lipinski definition) is 2. The first-order valence-electron chi connectivity index (χ1n) is 6.73. The second-order valence-corrected chi connectivity index (χ2v) is 7.71. The Hall–Kier alpha value is -1.41. The molecular formula is C14H21N3O3S2. The lowest BCUT2D eigenvalue weighted by Crippen LogP contribution is -2.48. The van der Waals surface area contributed by atoms with E-state index in [1.165, 1.54) is 28.6 Å². The highest BCUT2D eigenvalue weighted by atomic mass is 33.1. The molecule has 1 aromatic rings. The molecule has 0 bridgehead atoms. The SMILES string of the molecule is CNC(=O)C(CSSc1ccccn1)NC(=O)OC(C)(C)C. The second kappa shape index (κ2) is 8.89. The minimum absolute atomic E-state index is 0.264. The molecule has 1 heterocycles. The van der Waals surface area contributed by atoms with Crippen LogP contribution >= 0.6 is 21.6 Å². The van der Waals surface area contributed by atoms with Crippen molar-refractivity contribution in [3.05, 3.63) is 24.4 Å². The van der Waals surface area contributed by atoms with Gasteiger partial charge < -0.3 is 15.4 Å². The molecule has 122 valence electrons. The lowest BCUT2D eigenvalue weighted by atomic mass is 10.2. The van der Waals surface area contributed by atoms with Crippen LogP contribution in [0, 0.1) is 0 Å². The average molecular weight is 343 g/mol. The summed E-state index contributed by atoms with van der Waals surface area (Å²) in [6.45, 7) is 5.31. The number of ether oxygens (including phenoxy) is 1. The Labute approximate surface area is 138 Å². The molecule has 0 aliphatic heterocycles. The van der Waals surface area contributed by atoms with E-state index in [9.17, 15) is 9.59 Å². The molecule has 0 radical (unpaired) electrons. The Balaban J connectivity index is 2.50. The van der Waals surface area contributed by atoms with E-state index < -0.39 is 17.7 Å². The fourth-order valence-corrected chi connectivity index (χ4v) is 3.43. The van der Waals surface area contributed by atoms with E-state index in [1.807, 2.05) is 18.2 Å². The molecule has 8 heteroatoms. The molecule has 6 nitrogen and oxygen atoms in total. The summed E-state index contributed by atoms with van der Waals surface area (Å²) in [5.41, 5.74) is -0.604. The quantitative estimate of drug-likeness (QED) is 0.772. The van der Waals surface area contributed by atoms with Gasteiger partial charge in [-0.1, -0.05) is 16.9 Å². The summed E-state index contributed by atoms with van der Waals surface area (Å²) in [6, 6.07) is 4.95. The van der Waals surface area contributed by atoms with Crippen molar-refractivity contribution in [1.82, 2.24) is 15.6 Å². The zero-order valence-electron chi connectivity index (χ0n) is 13.1. The number of likely N-dealkylation sites (N-methyl/N-ethyl adjacent to an activating group) is 1. The van der Waals surface area contributed by atoms with Crippen molar-refractivity contribution in [3.63, 3.8) is 0 Å². The molecule has 0 aliphatic rings. The molecule has 1 atom stereocenters. The molecule has 0 fully saturated rings. The van der Waals surface area contributed by atoms with Crippen molar-refractivity contribution in [2.75, 3.05) is 12.8 Å². The predicted molar refractivity (Wildman–Crippen MR) is 89.8 cm³/mol. The van der Waals surface area contributed by atoms with Gasteiger partial charge >= 0.3 is 6.09 Å². The maximum atomic E-state index is 11.8. The van der Waals surface area contributed by atoms with Crippen molar-refractivity contribution < 1.29 is 14.3 Å². The predicted octanol–water partition coefficient (Wildman–Crippen LogP) is 2.46. The number of rotatable bonds is 6. The van der Waals surface area contributed by atoms with Gasteiger partial charge in [0, 0.05) is 19.0 Å². The summed E-state index contributed by atoms with van der Waals surface area (Å²) < 4.78 is 5.17. The number of carbonyl (C=O) groups is 2. The molecule has 0 aromatic carbocycles. The number of hydrogen-bond acceptors (Lipinski definition) is 6. The largest absolute Gasteiger partial charge is 0.444 e. The maximum Gasteiger partial charge on any atom is 0.408 e. The molecule has 1 unspecified atom stereocenters. The van der Waals surface area contributed by atoms with Gasteiger partial charge in [0.2, 0.25) is 5.91 Å². The van der Waals surface area contributed by atoms with Crippen LogP contribution in [0.15, 0.2) is 29.4 Å². The highest BCUT2D eigenvalue weighted by Crippen LogP contribution is 2.29. The fraction of sp³-hybridized carbons (Fsp3) is 0.500. The number of alkyl carbamates (subject to hydrolysis) is 1. The first kappa shape index (κ1) is 18.6. The Bertz CT molecular complexity index is 492. The van der Waals surface area contributed by atoms with Crippen LogP contribution in [0.4, 0.5) is 4.79 Å². The van der Waals surface area contributed by atoms with Crippen molar-refractivity contribution in [1.29, 1.82) is 0 Å². The topological polar surface area (TPSA) is 80.3 Å². The Morgan fingerprint density at radius 3 is 2.64 bits per heavy atom. The van der Waals surface area contributed by atoms with E-state index in [0.29, 0.717) is 5.75 Å². The number of carbonyl (C=O) groups excluding carboxylic acids is 2. The Morgan fingerprint density at radius 1 is 1.36 bits per heavy atom. The van der Waals surface area contributed by atoms with Gasteiger partial charge in [0.25, 0.3) is 0 Å². The van der Waals surface area contributed by atoms with Crippen LogP contribution in [0.1, 0.15) is 20.8 Å². The standard InChI is InChI=1S/C14H21N3O3S2/c1-14(2,3)20-13(19)17-10(12(18)15-4)9-21-22-11-7-5-6-8-16-11/h5-8,10H,9H2,1-4H3,(H,15,18)(H,17,19). The summed E-state index contributed by atoms with van der Waals surface area (Å²) in [7, 11) is 4.42. The molecule has 22 heavy (non-hydrogen) atoms. The molecule has 1 aromatic heterocycles. The van der Waals surface area contributed by atoms with Crippen LogP contribution in [-0.4, -0.2) is 41.4 Å². The smallest absolute Gasteiger partial charge is 0.408 e. The van der Waals surface area contributed by atoms with Gasteiger partial charge in [-0.15, -0.1) is 0 Å². The minimum atomic E-state index is -0.666. The second-order valence-electron chi connectivity index (χ2n) is 5.35. The normalized spacial score (nSPS) is 12.4. The number of amides is 2. The highest BCUT2D eigenvalue weighted by Gasteiger charge is 2.23. The first-order chi connectivity index (χ1) is 10.3. The van der Waals surface area contributed by atoms with Crippen molar-refractivity contribution in [2.45, 2.75) is 37.4 Å². The zero-order valence-corrected chi connectivity index (χ0v) is 14.7. The lowest BCUT2D eigenvalue weighted by Gasteiger charge is -2.22. The number of aromatic nitrogens is 1. The third-order valence-electron chi connectivity index (χ3n) is 2.27. The van der Waals surface area contributed by atoms with Crippen LogP contribution in [0.3, 0.4) is 0 Å². The van der Waals surface area contributed by atoms with E-state index >= 15 is 0 Å². The molecular weight excluding hydrogens is 322 g/mol. The first-order valence-corrected chi connectivity index (χ1v) is 9.05. The maximum absolute atomic E-state index is 11.8. The molecule has 1 rings (SSSR count). The number of nitrogens with zero attached hydrogens (tertiary/aromatic N) is 1. The third-order valence-corrected chi connectivity index (χ3v) is 4.54. The summed E-state index contributed by atoms with van der Waals surface area (Å²) in [6.07, 6.45) is 1.10. The molecule has 0 spiro atoms. The minimum Gasteiger partial charge on any atom is -0.444 e. The number of pyridine rings is 1. The van der Waals surface area contributed by atoms with Gasteiger partial charge in [-0.25, -0.2) is 9.78 Å². The fourth-order valence-electron chi connectivity index (χ4n) is 1.37. The molecule has 0 saturated carbocycles. The van der Waals surface area contributed by atoms with Crippen LogP contribution in [0.2, 0.25) is 0 Å². The van der Waals surface area contributed by atoms with E-state index in [0.717, 1.165) is 5.03 Å². The van der Waals surface area contributed by atoms with E-state index in [2.05, 4.69) is 15.6 Å². The zero-order chi connectivity index (χ0) is 16.6. The molecule has 2 N–H and O–H groups in total. The van der Waals surface area contributed by atoms with E-state index in [4.69, 9.17) is 4.74 Å². The van der Waals surface area contributed by atoms with E-state index in [1.54, 1.807) is 27.0 Å². The lowest BCUT2D eigenvalue weighted by molar-refractivity contribution is -0.122. The van der Waals surface area contributed by atoms with Crippen molar-refractivity contribution in [2.24, 2.45) is 0 Å². The molecule has 2 amide bonds. The van der Waals surface area contributed by atoms with Crippen LogP contribution in [0.25, 0.3) is 0 Å². The Morgan fingerprint density at radius 2 is 2.09 bits per heavy atom. The monoisotopic (exact) mass is 343 g/mol. The van der Waals surface area contributed by atoms with Crippen LogP contribution < -0.4 is 10.6 Å². The summed E-state index contributed by atoms with van der Waals surface area (Å²) in [5, 5.41) is 5.96. The summed E-state index contributed by atoms with van der Waals surface area (Å²) in [4.78, 5) is 27.8. The van der Waals surface area contributed by atoms with Gasteiger partial charge in [-0.2, -0.15) is 0 Å².